The molecule has 0 aliphatic rings. The van der Waals surface area contributed by atoms with Crippen LogP contribution in [0, 0.1) is 0 Å². The maximum atomic E-state index is 11.4. The fourth-order valence-corrected chi connectivity index (χ4v) is 4.69. The van der Waals surface area contributed by atoms with Crippen molar-refractivity contribution in [3.8, 4) is 0 Å². The van der Waals surface area contributed by atoms with E-state index in [0.717, 1.165) is 32.1 Å². The number of aliphatic hydroxyl groups is 3. The number of unbranched alkanes of at least 4 members (excludes halogenated alkanes) is 23. The van der Waals surface area contributed by atoms with Crippen LogP contribution in [0.1, 0.15) is 201 Å². The van der Waals surface area contributed by atoms with E-state index < -0.39 is 12.1 Å². The van der Waals surface area contributed by atoms with E-state index in [1.54, 1.807) is 0 Å². The lowest BCUT2D eigenvalue weighted by atomic mass is 10.0. The second-order valence-corrected chi connectivity index (χ2v) is 12.3. The molecular weight excluding hydrogens is 556 g/mol. The average molecular weight is 633 g/mol. The zero-order valence-corrected chi connectivity index (χ0v) is 29.5. The Morgan fingerprint density at radius 3 is 1.05 bits per heavy atom. The summed E-state index contributed by atoms with van der Waals surface area (Å²) in [5.74, 6) is -0.661. The normalized spacial score (nSPS) is 10.6. The number of hydrogen-bond acceptors (Lipinski definition) is 6. The molecule has 0 radical (unpaired) electrons. The molecule has 0 atom stereocenters. The summed E-state index contributed by atoms with van der Waals surface area (Å²) in [6.07, 6.45) is 33.6. The van der Waals surface area contributed by atoms with Gasteiger partial charge in [-0.15, -0.1) is 0 Å². The summed E-state index contributed by atoms with van der Waals surface area (Å²) in [6.45, 7) is 6.50. The van der Waals surface area contributed by atoms with Crippen molar-refractivity contribution < 1.29 is 34.8 Å². The molecule has 0 saturated carbocycles. The quantitative estimate of drug-likeness (QED) is 0.0443. The van der Waals surface area contributed by atoms with Gasteiger partial charge in [-0.3, -0.25) is 9.59 Å². The second kappa shape index (κ2) is 43.9. The van der Waals surface area contributed by atoms with Crippen molar-refractivity contribution >= 4 is 11.9 Å². The standard InChI is InChI=1S/C22H44O2.C12H24O2.C3H8O3/c1-3-5-7-8-9-10-11-12-13-14-15-16-17-18-19-20-22(23)24-21-6-4-2;1-2-3-4-5-6-7-8-9-10-11-12(13)14;4-1-3(6)2-5/h3-21H2,1-2H3;2-11H2,1H3,(H,13,14);3-6H,1-2H2. The lowest BCUT2D eigenvalue weighted by Crippen LogP contribution is -2.15. The van der Waals surface area contributed by atoms with Crippen LogP contribution in [-0.4, -0.2) is 58.3 Å². The van der Waals surface area contributed by atoms with Crippen LogP contribution in [0.15, 0.2) is 0 Å². The molecule has 0 aliphatic heterocycles. The van der Waals surface area contributed by atoms with Crippen LogP contribution < -0.4 is 0 Å². The van der Waals surface area contributed by atoms with Crippen LogP contribution in [0.25, 0.3) is 0 Å². The molecule has 0 spiro atoms. The van der Waals surface area contributed by atoms with Gasteiger partial charge in [0.2, 0.25) is 0 Å². The number of esters is 1. The molecule has 0 heterocycles. The topological polar surface area (TPSA) is 124 Å². The van der Waals surface area contributed by atoms with Crippen molar-refractivity contribution in [1.82, 2.24) is 0 Å². The number of carbonyl (C=O) groups excluding carboxylic acids is 1. The highest BCUT2D eigenvalue weighted by molar-refractivity contribution is 5.69. The summed E-state index contributed by atoms with van der Waals surface area (Å²) in [7, 11) is 0. The van der Waals surface area contributed by atoms with Crippen molar-refractivity contribution in [2.45, 2.75) is 207 Å². The van der Waals surface area contributed by atoms with Crippen LogP contribution in [0.2, 0.25) is 0 Å². The van der Waals surface area contributed by atoms with Gasteiger partial charge in [-0.25, -0.2) is 0 Å². The zero-order valence-electron chi connectivity index (χ0n) is 29.5. The highest BCUT2D eigenvalue weighted by Gasteiger charge is 2.02. The van der Waals surface area contributed by atoms with Crippen LogP contribution in [-0.2, 0) is 14.3 Å². The molecule has 0 aromatic carbocycles. The van der Waals surface area contributed by atoms with Gasteiger partial charge in [-0.2, -0.15) is 0 Å². The van der Waals surface area contributed by atoms with Gasteiger partial charge >= 0.3 is 11.9 Å². The third-order valence-electron chi connectivity index (χ3n) is 7.66. The lowest BCUT2D eigenvalue weighted by molar-refractivity contribution is -0.144. The Balaban J connectivity index is -0.000000703. The summed E-state index contributed by atoms with van der Waals surface area (Å²) >= 11 is 0. The predicted octanol–water partition coefficient (Wildman–Crippen LogP) is 9.91. The first-order valence-corrected chi connectivity index (χ1v) is 18.7. The maximum Gasteiger partial charge on any atom is 0.305 e. The number of carboxylic acid groups (broad SMARTS) is 1. The van der Waals surface area contributed by atoms with Gasteiger partial charge in [-0.05, 0) is 19.3 Å². The number of aliphatic hydroxyl groups excluding tert-OH is 3. The summed E-state index contributed by atoms with van der Waals surface area (Å²) in [5, 5.41) is 32.4. The van der Waals surface area contributed by atoms with Gasteiger partial charge < -0.3 is 25.2 Å². The van der Waals surface area contributed by atoms with E-state index in [1.807, 2.05) is 0 Å². The SMILES string of the molecule is CCCCCCCCCCCC(=O)O.CCCCCCCCCCCCCCCCCC(=O)OCCCC.OCC(O)CO. The Hall–Kier alpha value is -1.18. The molecule has 7 nitrogen and oxygen atoms in total. The number of aliphatic carboxylic acids is 1. The summed E-state index contributed by atoms with van der Waals surface area (Å²) < 4.78 is 5.16. The number of rotatable bonds is 31. The van der Waals surface area contributed by atoms with E-state index in [2.05, 4.69) is 20.8 Å². The molecule has 7 heteroatoms. The molecule has 0 bridgehead atoms. The largest absolute Gasteiger partial charge is 0.481 e. The van der Waals surface area contributed by atoms with Gasteiger partial charge in [0.05, 0.1) is 19.8 Å². The van der Waals surface area contributed by atoms with E-state index in [-0.39, 0.29) is 19.2 Å². The van der Waals surface area contributed by atoms with Crippen LogP contribution in [0.5, 0.6) is 0 Å². The van der Waals surface area contributed by atoms with E-state index >= 15 is 0 Å². The predicted molar refractivity (Wildman–Crippen MR) is 185 cm³/mol. The monoisotopic (exact) mass is 633 g/mol. The van der Waals surface area contributed by atoms with E-state index in [9.17, 15) is 9.59 Å². The smallest absolute Gasteiger partial charge is 0.305 e. The molecule has 266 valence electrons. The van der Waals surface area contributed by atoms with Crippen LogP contribution in [0.3, 0.4) is 0 Å². The van der Waals surface area contributed by atoms with E-state index in [1.165, 1.54) is 135 Å². The minimum Gasteiger partial charge on any atom is -0.481 e. The lowest BCUT2D eigenvalue weighted by Gasteiger charge is -2.04. The number of carboxylic acids is 1. The molecule has 0 aromatic heterocycles. The van der Waals surface area contributed by atoms with Crippen LogP contribution in [0.4, 0.5) is 0 Å². The molecule has 4 N–H and O–H groups in total. The number of ether oxygens (including phenoxy) is 1. The molecule has 0 amide bonds. The second-order valence-electron chi connectivity index (χ2n) is 12.3. The Morgan fingerprint density at radius 2 is 0.773 bits per heavy atom. The van der Waals surface area contributed by atoms with E-state index in [4.69, 9.17) is 25.2 Å². The Kier molecular flexibility index (Phi) is 47.2. The molecule has 0 fully saturated rings. The summed E-state index contributed by atoms with van der Waals surface area (Å²) in [4.78, 5) is 21.6. The van der Waals surface area contributed by atoms with Gasteiger partial charge in [0.15, 0.2) is 0 Å². The minimum atomic E-state index is -0.954. The molecular formula is C37H76O7. The first-order valence-electron chi connectivity index (χ1n) is 18.7. The Labute approximate surface area is 273 Å². The molecule has 0 aromatic rings. The van der Waals surface area contributed by atoms with Crippen LogP contribution >= 0.6 is 0 Å². The summed E-state index contributed by atoms with van der Waals surface area (Å²) in [5.41, 5.74) is 0. The third-order valence-corrected chi connectivity index (χ3v) is 7.66. The third kappa shape index (κ3) is 50.4. The molecule has 0 unspecified atom stereocenters. The number of carbonyl (C=O) groups is 2. The van der Waals surface area contributed by atoms with Crippen molar-refractivity contribution in [3.63, 3.8) is 0 Å². The summed E-state index contributed by atoms with van der Waals surface area (Å²) in [6, 6.07) is 0. The number of hydrogen-bond donors (Lipinski definition) is 4. The van der Waals surface area contributed by atoms with Gasteiger partial charge in [0, 0.05) is 12.8 Å². The fraction of sp³-hybridized carbons (Fsp3) is 0.946. The zero-order chi connectivity index (χ0) is 33.4. The van der Waals surface area contributed by atoms with Gasteiger partial charge in [0.25, 0.3) is 0 Å². The van der Waals surface area contributed by atoms with Gasteiger partial charge in [0.1, 0.15) is 6.10 Å². The van der Waals surface area contributed by atoms with E-state index in [0.29, 0.717) is 19.4 Å². The van der Waals surface area contributed by atoms with Gasteiger partial charge in [-0.1, -0.05) is 168 Å². The first kappa shape index (κ1) is 47.2. The van der Waals surface area contributed by atoms with Crippen molar-refractivity contribution in [3.05, 3.63) is 0 Å². The average Bonchev–Trinajstić information content (AvgIpc) is 3.02. The highest BCUT2D eigenvalue weighted by atomic mass is 16.5. The van der Waals surface area contributed by atoms with Crippen molar-refractivity contribution in [2.75, 3.05) is 19.8 Å². The molecule has 44 heavy (non-hydrogen) atoms. The minimum absolute atomic E-state index is 0.00172. The fourth-order valence-electron chi connectivity index (χ4n) is 4.69. The maximum absolute atomic E-state index is 11.4. The van der Waals surface area contributed by atoms with Crippen molar-refractivity contribution in [1.29, 1.82) is 0 Å². The Morgan fingerprint density at radius 1 is 0.477 bits per heavy atom. The molecule has 0 saturated heterocycles. The Bertz CT molecular complexity index is 538. The first-order chi connectivity index (χ1) is 21.4. The molecule has 0 aliphatic carbocycles. The highest BCUT2D eigenvalue weighted by Crippen LogP contribution is 2.14. The molecule has 0 rings (SSSR count). The van der Waals surface area contributed by atoms with Crippen molar-refractivity contribution in [2.24, 2.45) is 0 Å².